The first-order valence-corrected chi connectivity index (χ1v) is 6.33. The molecular weight excluding hydrogens is 212 g/mol. The van der Waals surface area contributed by atoms with Gasteiger partial charge in [0.15, 0.2) is 0 Å². The SMILES string of the molecule is NCc1cccc(CN2CC3CC(C3)C2=O)c1. The van der Waals surface area contributed by atoms with Crippen LogP contribution < -0.4 is 5.73 Å². The number of hydrogen-bond acceptors (Lipinski definition) is 2. The van der Waals surface area contributed by atoms with E-state index in [2.05, 4.69) is 12.1 Å². The van der Waals surface area contributed by atoms with Crippen molar-refractivity contribution in [1.29, 1.82) is 0 Å². The zero-order valence-corrected chi connectivity index (χ0v) is 9.93. The molecule has 17 heavy (non-hydrogen) atoms. The van der Waals surface area contributed by atoms with Crippen LogP contribution in [0.2, 0.25) is 0 Å². The molecule has 2 N–H and O–H groups in total. The first kappa shape index (κ1) is 10.8. The second-order valence-electron chi connectivity index (χ2n) is 5.28. The lowest BCUT2D eigenvalue weighted by atomic mass is 9.70. The predicted molar refractivity (Wildman–Crippen MR) is 66.0 cm³/mol. The zero-order chi connectivity index (χ0) is 11.8. The third-order valence-electron chi connectivity index (χ3n) is 3.98. The normalized spacial score (nSPS) is 26.9. The maximum Gasteiger partial charge on any atom is 0.226 e. The van der Waals surface area contributed by atoms with E-state index in [9.17, 15) is 4.79 Å². The van der Waals surface area contributed by atoms with E-state index in [4.69, 9.17) is 5.73 Å². The van der Waals surface area contributed by atoms with E-state index < -0.39 is 0 Å². The molecule has 2 heterocycles. The summed E-state index contributed by atoms with van der Waals surface area (Å²) in [7, 11) is 0. The van der Waals surface area contributed by atoms with Crippen molar-refractivity contribution < 1.29 is 4.79 Å². The Balaban J connectivity index is 1.71. The smallest absolute Gasteiger partial charge is 0.226 e. The number of benzene rings is 1. The Morgan fingerprint density at radius 1 is 1.29 bits per heavy atom. The summed E-state index contributed by atoms with van der Waals surface area (Å²) in [5.41, 5.74) is 7.96. The fourth-order valence-electron chi connectivity index (χ4n) is 2.96. The summed E-state index contributed by atoms with van der Waals surface area (Å²) >= 11 is 0. The van der Waals surface area contributed by atoms with E-state index in [1.165, 1.54) is 5.56 Å². The fourth-order valence-corrected chi connectivity index (χ4v) is 2.96. The van der Waals surface area contributed by atoms with E-state index in [0.29, 0.717) is 18.4 Å². The van der Waals surface area contributed by atoms with Crippen molar-refractivity contribution in [1.82, 2.24) is 4.90 Å². The highest BCUT2D eigenvalue weighted by atomic mass is 16.2. The van der Waals surface area contributed by atoms with Crippen molar-refractivity contribution in [3.05, 3.63) is 35.4 Å². The molecule has 1 aromatic rings. The van der Waals surface area contributed by atoms with Crippen LogP contribution in [0.3, 0.4) is 0 Å². The van der Waals surface area contributed by atoms with Crippen molar-refractivity contribution in [2.24, 2.45) is 17.6 Å². The van der Waals surface area contributed by atoms with Crippen LogP contribution in [-0.4, -0.2) is 17.4 Å². The minimum Gasteiger partial charge on any atom is -0.338 e. The van der Waals surface area contributed by atoms with Crippen LogP contribution in [-0.2, 0) is 17.9 Å². The van der Waals surface area contributed by atoms with E-state index in [1.54, 1.807) is 0 Å². The lowest BCUT2D eigenvalue weighted by Gasteiger charge is -2.46. The highest BCUT2D eigenvalue weighted by Gasteiger charge is 2.43. The summed E-state index contributed by atoms with van der Waals surface area (Å²) < 4.78 is 0. The van der Waals surface area contributed by atoms with E-state index in [1.807, 2.05) is 17.0 Å². The highest BCUT2D eigenvalue weighted by molar-refractivity contribution is 5.81. The predicted octanol–water partition coefficient (Wildman–Crippen LogP) is 1.51. The topological polar surface area (TPSA) is 46.3 Å². The Kier molecular flexibility index (Phi) is 2.63. The Bertz CT molecular complexity index is 438. The van der Waals surface area contributed by atoms with Gasteiger partial charge < -0.3 is 10.6 Å². The first-order valence-electron chi connectivity index (χ1n) is 6.33. The lowest BCUT2D eigenvalue weighted by molar-refractivity contribution is -0.149. The number of rotatable bonds is 3. The molecule has 1 saturated carbocycles. The molecule has 0 spiro atoms. The largest absolute Gasteiger partial charge is 0.338 e. The molecule has 0 aromatic heterocycles. The number of carbonyl (C=O) groups excluding carboxylic acids is 1. The number of fused-ring (bicyclic) bond motifs is 2. The average molecular weight is 230 g/mol. The third-order valence-corrected chi connectivity index (χ3v) is 3.98. The summed E-state index contributed by atoms with van der Waals surface area (Å²) in [5, 5.41) is 0. The molecule has 0 radical (unpaired) electrons. The standard InChI is InChI=1S/C14H18N2O/c15-7-10-2-1-3-11(4-10)8-16-9-12-5-13(6-12)14(16)17/h1-4,12-13H,5-9,15H2. The van der Waals surface area contributed by atoms with Gasteiger partial charge in [-0.05, 0) is 29.9 Å². The maximum absolute atomic E-state index is 12.0. The Labute approximate surface area is 102 Å². The van der Waals surface area contributed by atoms with Gasteiger partial charge in [0.1, 0.15) is 0 Å². The molecular formula is C14H18N2O. The molecule has 2 aliphatic heterocycles. The molecule has 4 rings (SSSR count). The van der Waals surface area contributed by atoms with Crippen molar-refractivity contribution >= 4 is 5.91 Å². The van der Waals surface area contributed by atoms with Gasteiger partial charge in [0.25, 0.3) is 0 Å². The molecule has 0 unspecified atom stereocenters. The second kappa shape index (κ2) is 4.15. The van der Waals surface area contributed by atoms with E-state index in [-0.39, 0.29) is 0 Å². The molecule has 3 aliphatic rings. The lowest BCUT2D eigenvalue weighted by Crippen LogP contribution is -2.52. The maximum atomic E-state index is 12.0. The van der Waals surface area contributed by atoms with Gasteiger partial charge in [0.2, 0.25) is 5.91 Å². The number of carbonyl (C=O) groups is 1. The molecule has 3 fully saturated rings. The zero-order valence-electron chi connectivity index (χ0n) is 9.93. The van der Waals surface area contributed by atoms with E-state index in [0.717, 1.165) is 37.4 Å². The van der Waals surface area contributed by atoms with Crippen LogP contribution in [0.25, 0.3) is 0 Å². The molecule has 2 saturated heterocycles. The van der Waals surface area contributed by atoms with Gasteiger partial charge in [-0.1, -0.05) is 24.3 Å². The van der Waals surface area contributed by atoms with Gasteiger partial charge in [-0.15, -0.1) is 0 Å². The van der Waals surface area contributed by atoms with Crippen molar-refractivity contribution in [2.75, 3.05) is 6.54 Å². The molecule has 2 bridgehead atoms. The van der Waals surface area contributed by atoms with E-state index >= 15 is 0 Å². The molecule has 90 valence electrons. The summed E-state index contributed by atoms with van der Waals surface area (Å²) in [6.07, 6.45) is 2.25. The summed E-state index contributed by atoms with van der Waals surface area (Å²) in [6, 6.07) is 8.23. The molecule has 1 aromatic carbocycles. The molecule has 3 heteroatoms. The Morgan fingerprint density at radius 2 is 2.06 bits per heavy atom. The van der Waals surface area contributed by atoms with Gasteiger partial charge in [-0.3, -0.25) is 4.79 Å². The fraction of sp³-hybridized carbons (Fsp3) is 0.500. The molecule has 3 nitrogen and oxygen atoms in total. The van der Waals surface area contributed by atoms with Crippen LogP contribution in [0.15, 0.2) is 24.3 Å². The first-order chi connectivity index (χ1) is 8.26. The number of hydrogen-bond donors (Lipinski definition) is 1. The number of piperidine rings is 2. The van der Waals surface area contributed by atoms with Crippen molar-refractivity contribution in [3.8, 4) is 0 Å². The van der Waals surface area contributed by atoms with Crippen molar-refractivity contribution in [3.63, 3.8) is 0 Å². The van der Waals surface area contributed by atoms with Crippen LogP contribution in [0.1, 0.15) is 24.0 Å². The minimum atomic E-state index is 0.325. The van der Waals surface area contributed by atoms with Gasteiger partial charge in [-0.25, -0.2) is 0 Å². The van der Waals surface area contributed by atoms with Crippen LogP contribution in [0.5, 0.6) is 0 Å². The molecule has 1 aliphatic carbocycles. The van der Waals surface area contributed by atoms with Gasteiger partial charge in [0.05, 0.1) is 0 Å². The average Bonchev–Trinajstić information content (AvgIpc) is 2.30. The Morgan fingerprint density at radius 3 is 2.76 bits per heavy atom. The van der Waals surface area contributed by atoms with Crippen LogP contribution in [0.4, 0.5) is 0 Å². The quantitative estimate of drug-likeness (QED) is 0.855. The van der Waals surface area contributed by atoms with Crippen molar-refractivity contribution in [2.45, 2.75) is 25.9 Å². The molecule has 1 amide bonds. The third kappa shape index (κ3) is 1.95. The van der Waals surface area contributed by atoms with Gasteiger partial charge in [-0.2, -0.15) is 0 Å². The number of nitrogens with two attached hydrogens (primary N) is 1. The van der Waals surface area contributed by atoms with Crippen LogP contribution in [0, 0.1) is 11.8 Å². The number of amides is 1. The Hall–Kier alpha value is -1.35. The summed E-state index contributed by atoms with van der Waals surface area (Å²) in [4.78, 5) is 14.0. The number of nitrogens with zero attached hydrogens (tertiary/aromatic N) is 1. The van der Waals surface area contributed by atoms with Gasteiger partial charge >= 0.3 is 0 Å². The highest BCUT2D eigenvalue weighted by Crippen LogP contribution is 2.40. The monoisotopic (exact) mass is 230 g/mol. The minimum absolute atomic E-state index is 0.325. The van der Waals surface area contributed by atoms with Gasteiger partial charge in [0, 0.05) is 25.6 Å². The second-order valence-corrected chi connectivity index (χ2v) is 5.28. The summed E-state index contributed by atoms with van der Waals surface area (Å²) in [5.74, 6) is 1.44. The summed E-state index contributed by atoms with van der Waals surface area (Å²) in [6.45, 7) is 2.26. The molecule has 0 atom stereocenters. The van der Waals surface area contributed by atoms with Crippen LogP contribution >= 0.6 is 0 Å².